The van der Waals surface area contributed by atoms with E-state index in [1.165, 1.54) is 4.68 Å². The highest BCUT2D eigenvalue weighted by Gasteiger charge is 2.27. The molecule has 1 N–H and O–H groups in total. The second-order valence-electron chi connectivity index (χ2n) is 6.12. The van der Waals surface area contributed by atoms with Crippen molar-refractivity contribution in [1.82, 2.24) is 25.2 Å². The molecule has 3 aromatic heterocycles. The minimum Gasteiger partial charge on any atom is -0.462 e. The third-order valence-corrected chi connectivity index (χ3v) is 5.25. The van der Waals surface area contributed by atoms with E-state index in [0.717, 1.165) is 11.3 Å². The van der Waals surface area contributed by atoms with Crippen LogP contribution in [0, 0.1) is 6.92 Å². The number of amides is 1. The van der Waals surface area contributed by atoms with E-state index in [-0.39, 0.29) is 35.2 Å². The summed E-state index contributed by atoms with van der Waals surface area (Å²) in [6.45, 7) is 5.05. The van der Waals surface area contributed by atoms with Crippen LogP contribution in [0.1, 0.15) is 39.4 Å². The summed E-state index contributed by atoms with van der Waals surface area (Å²) in [5, 5.41) is 14.2. The zero-order valence-electron chi connectivity index (χ0n) is 17.1. The number of ether oxygens (including phenoxy) is 2. The Bertz CT molecular complexity index is 1090. The van der Waals surface area contributed by atoms with Gasteiger partial charge in [0.25, 0.3) is 0 Å². The normalized spacial score (nSPS) is 10.5. The first-order valence-corrected chi connectivity index (χ1v) is 10.2. The van der Waals surface area contributed by atoms with E-state index in [0.29, 0.717) is 17.1 Å². The Labute approximate surface area is 181 Å². The summed E-state index contributed by atoms with van der Waals surface area (Å²) in [5.41, 5.74) is 1.00. The van der Waals surface area contributed by atoms with Gasteiger partial charge in [0.2, 0.25) is 11.7 Å². The molecule has 0 radical (unpaired) electrons. The maximum absolute atomic E-state index is 12.7. The number of hydrogen-bond donors (Lipinski definition) is 1. The molecule has 0 spiro atoms. The van der Waals surface area contributed by atoms with Crippen molar-refractivity contribution in [3.63, 3.8) is 0 Å². The van der Waals surface area contributed by atoms with Gasteiger partial charge in [0.1, 0.15) is 22.1 Å². The highest BCUT2D eigenvalue weighted by atomic mass is 32.1. The molecule has 0 aliphatic carbocycles. The van der Waals surface area contributed by atoms with Gasteiger partial charge in [-0.1, -0.05) is 6.07 Å². The first-order valence-electron chi connectivity index (χ1n) is 9.41. The summed E-state index contributed by atoms with van der Waals surface area (Å²) in [5.74, 6) is -1.39. The number of carbonyl (C=O) groups excluding carboxylic acids is 3. The van der Waals surface area contributed by atoms with Crippen molar-refractivity contribution in [3.8, 4) is 11.5 Å². The van der Waals surface area contributed by atoms with E-state index in [1.54, 1.807) is 45.2 Å². The zero-order chi connectivity index (χ0) is 22.4. The molecule has 11 nitrogen and oxygen atoms in total. The predicted octanol–water partition coefficient (Wildman–Crippen LogP) is 2.10. The van der Waals surface area contributed by atoms with Crippen LogP contribution in [0.2, 0.25) is 0 Å². The molecule has 0 bridgehead atoms. The zero-order valence-corrected chi connectivity index (χ0v) is 17.9. The van der Waals surface area contributed by atoms with Crippen molar-refractivity contribution >= 4 is 34.2 Å². The lowest BCUT2D eigenvalue weighted by atomic mass is 10.1. The third-order valence-electron chi connectivity index (χ3n) is 4.06. The molecule has 12 heteroatoms. The summed E-state index contributed by atoms with van der Waals surface area (Å²) in [6, 6.07) is 5.24. The van der Waals surface area contributed by atoms with Gasteiger partial charge in [-0.15, -0.1) is 16.4 Å². The summed E-state index contributed by atoms with van der Waals surface area (Å²) in [4.78, 5) is 41.8. The van der Waals surface area contributed by atoms with Gasteiger partial charge < -0.3 is 14.8 Å². The number of thiophene rings is 1. The predicted molar refractivity (Wildman–Crippen MR) is 111 cm³/mol. The van der Waals surface area contributed by atoms with E-state index >= 15 is 0 Å². The first kappa shape index (κ1) is 22.0. The largest absolute Gasteiger partial charge is 0.462 e. The molecule has 0 fully saturated rings. The average Bonchev–Trinajstić information content (AvgIpc) is 3.33. The fourth-order valence-corrected chi connectivity index (χ4v) is 3.84. The van der Waals surface area contributed by atoms with Gasteiger partial charge in [-0.05, 0) is 48.9 Å². The highest BCUT2D eigenvalue weighted by molar-refractivity contribution is 7.18. The Morgan fingerprint density at radius 2 is 1.87 bits per heavy atom. The van der Waals surface area contributed by atoms with Gasteiger partial charge in [0.15, 0.2) is 0 Å². The summed E-state index contributed by atoms with van der Waals surface area (Å²) in [6.07, 6.45) is 1.59. The van der Waals surface area contributed by atoms with E-state index < -0.39 is 17.8 Å². The number of nitrogens with one attached hydrogen (secondary N) is 1. The molecule has 162 valence electrons. The number of hydrogen-bond acceptors (Lipinski definition) is 10. The SMILES string of the molecule is CCOC(=O)c1sc(NC(=O)Cn2nnnc2-c2ccccn2)c(C(=O)OCC)c1C. The Balaban J connectivity index is 1.86. The average molecular weight is 444 g/mol. The molecule has 3 aromatic rings. The third kappa shape index (κ3) is 4.91. The molecular formula is C19H20N6O5S. The fourth-order valence-electron chi connectivity index (χ4n) is 2.73. The number of anilines is 1. The van der Waals surface area contributed by atoms with E-state index in [1.807, 2.05) is 0 Å². The minimum absolute atomic E-state index is 0.116. The second-order valence-corrected chi connectivity index (χ2v) is 7.15. The number of nitrogens with zero attached hydrogens (tertiary/aromatic N) is 5. The van der Waals surface area contributed by atoms with Gasteiger partial charge in [0.05, 0.1) is 18.8 Å². The maximum Gasteiger partial charge on any atom is 0.348 e. The van der Waals surface area contributed by atoms with Crippen molar-refractivity contribution in [1.29, 1.82) is 0 Å². The van der Waals surface area contributed by atoms with Gasteiger partial charge >= 0.3 is 11.9 Å². The molecule has 0 aliphatic rings. The summed E-state index contributed by atoms with van der Waals surface area (Å²) >= 11 is 0.949. The van der Waals surface area contributed by atoms with Crippen molar-refractivity contribution < 1.29 is 23.9 Å². The smallest absolute Gasteiger partial charge is 0.348 e. The second kappa shape index (κ2) is 9.89. The van der Waals surface area contributed by atoms with Gasteiger partial charge in [-0.2, -0.15) is 0 Å². The Kier molecular flexibility index (Phi) is 7.03. The van der Waals surface area contributed by atoms with Crippen molar-refractivity contribution in [3.05, 3.63) is 40.4 Å². The van der Waals surface area contributed by atoms with Crippen LogP contribution < -0.4 is 5.32 Å². The molecule has 3 heterocycles. The lowest BCUT2D eigenvalue weighted by Gasteiger charge is -2.08. The van der Waals surface area contributed by atoms with Crippen LogP contribution in [0.15, 0.2) is 24.4 Å². The summed E-state index contributed by atoms with van der Waals surface area (Å²) in [7, 11) is 0. The van der Waals surface area contributed by atoms with Crippen LogP contribution >= 0.6 is 11.3 Å². The minimum atomic E-state index is -0.640. The number of pyridine rings is 1. The van der Waals surface area contributed by atoms with Crippen LogP contribution in [-0.4, -0.2) is 56.3 Å². The molecule has 0 unspecified atom stereocenters. The number of aromatic nitrogens is 5. The van der Waals surface area contributed by atoms with Gasteiger partial charge in [-0.3, -0.25) is 9.78 Å². The standard InChI is InChI=1S/C19H20N6O5S/c1-4-29-18(27)14-11(3)15(19(28)30-5-2)31-17(14)21-13(26)10-25-16(22-23-24-25)12-8-6-7-9-20-12/h6-9H,4-5,10H2,1-3H3,(H,21,26). The molecule has 0 aromatic carbocycles. The number of esters is 2. The van der Waals surface area contributed by atoms with E-state index in [2.05, 4.69) is 25.8 Å². The molecule has 31 heavy (non-hydrogen) atoms. The van der Waals surface area contributed by atoms with Crippen molar-refractivity contribution in [2.45, 2.75) is 27.3 Å². The van der Waals surface area contributed by atoms with E-state index in [9.17, 15) is 14.4 Å². The van der Waals surface area contributed by atoms with Crippen molar-refractivity contribution in [2.75, 3.05) is 18.5 Å². The lowest BCUT2D eigenvalue weighted by molar-refractivity contribution is -0.116. The molecule has 0 aliphatic heterocycles. The lowest BCUT2D eigenvalue weighted by Crippen LogP contribution is -2.21. The van der Waals surface area contributed by atoms with Gasteiger partial charge in [-0.25, -0.2) is 14.3 Å². The van der Waals surface area contributed by atoms with Crippen molar-refractivity contribution in [2.24, 2.45) is 0 Å². The Morgan fingerprint density at radius 1 is 1.13 bits per heavy atom. The topological polar surface area (TPSA) is 138 Å². The highest BCUT2D eigenvalue weighted by Crippen LogP contribution is 2.34. The molecule has 0 atom stereocenters. The van der Waals surface area contributed by atoms with Crippen LogP contribution in [0.3, 0.4) is 0 Å². The number of rotatable bonds is 8. The quantitative estimate of drug-likeness (QED) is 0.517. The van der Waals surface area contributed by atoms with Crippen LogP contribution in [0.4, 0.5) is 5.00 Å². The van der Waals surface area contributed by atoms with Gasteiger partial charge in [0, 0.05) is 6.20 Å². The number of tetrazole rings is 1. The monoisotopic (exact) mass is 444 g/mol. The molecule has 1 amide bonds. The van der Waals surface area contributed by atoms with E-state index in [4.69, 9.17) is 9.47 Å². The van der Waals surface area contributed by atoms with Crippen LogP contribution in [0.25, 0.3) is 11.5 Å². The molecule has 3 rings (SSSR count). The molecule has 0 saturated carbocycles. The molecular weight excluding hydrogens is 424 g/mol. The Hall–Kier alpha value is -3.67. The fraction of sp³-hybridized carbons (Fsp3) is 0.316. The number of carbonyl (C=O) groups is 3. The summed E-state index contributed by atoms with van der Waals surface area (Å²) < 4.78 is 11.4. The van der Waals surface area contributed by atoms with Crippen LogP contribution in [-0.2, 0) is 20.8 Å². The van der Waals surface area contributed by atoms with Crippen LogP contribution in [0.5, 0.6) is 0 Å². The Morgan fingerprint density at radius 3 is 2.55 bits per heavy atom. The maximum atomic E-state index is 12.7. The first-order chi connectivity index (χ1) is 15.0. The molecule has 0 saturated heterocycles.